The van der Waals surface area contributed by atoms with Gasteiger partial charge < -0.3 is 10.8 Å². The highest BCUT2D eigenvalue weighted by atomic mass is 79.9. The minimum atomic E-state index is -0.941. The Morgan fingerprint density at radius 1 is 1.55 bits per heavy atom. The van der Waals surface area contributed by atoms with Gasteiger partial charge in [-0.2, -0.15) is 0 Å². The van der Waals surface area contributed by atoms with E-state index in [0.29, 0.717) is 10.6 Å². The Hall–Kier alpha value is -0.0900. The molecule has 0 aromatic heterocycles. The SMILES string of the molecule is NC(O)c1ccc(Cl)c(Br)c1. The van der Waals surface area contributed by atoms with Crippen molar-refractivity contribution in [2.45, 2.75) is 6.23 Å². The second kappa shape index (κ2) is 3.54. The van der Waals surface area contributed by atoms with Gasteiger partial charge in [-0.1, -0.05) is 17.7 Å². The fourth-order valence-corrected chi connectivity index (χ4v) is 1.21. The largest absolute Gasteiger partial charge is 0.375 e. The summed E-state index contributed by atoms with van der Waals surface area (Å²) in [6.45, 7) is 0. The first-order valence-electron chi connectivity index (χ1n) is 3.00. The second-order valence-corrected chi connectivity index (χ2v) is 3.38. The van der Waals surface area contributed by atoms with Crippen molar-refractivity contribution in [1.82, 2.24) is 0 Å². The zero-order valence-electron chi connectivity index (χ0n) is 5.59. The molecule has 1 aromatic carbocycles. The molecule has 0 aliphatic heterocycles. The van der Waals surface area contributed by atoms with Gasteiger partial charge in [0, 0.05) is 4.47 Å². The standard InChI is InChI=1S/C7H7BrClNO/c8-5-3-4(7(10)11)1-2-6(5)9/h1-3,7,11H,10H2. The molecule has 0 saturated heterocycles. The summed E-state index contributed by atoms with van der Waals surface area (Å²) in [7, 11) is 0. The summed E-state index contributed by atoms with van der Waals surface area (Å²) >= 11 is 8.93. The molecular weight excluding hydrogens is 229 g/mol. The number of aliphatic hydroxyl groups excluding tert-OH is 1. The molecule has 0 bridgehead atoms. The summed E-state index contributed by atoms with van der Waals surface area (Å²) in [6, 6.07) is 5.04. The van der Waals surface area contributed by atoms with Crippen LogP contribution >= 0.6 is 27.5 Å². The highest BCUT2D eigenvalue weighted by Crippen LogP contribution is 2.24. The fraction of sp³-hybridized carbons (Fsp3) is 0.143. The average Bonchev–Trinajstić information content (AvgIpc) is 1.94. The number of hydrogen-bond acceptors (Lipinski definition) is 2. The van der Waals surface area contributed by atoms with Crippen molar-refractivity contribution in [1.29, 1.82) is 0 Å². The van der Waals surface area contributed by atoms with Crippen LogP contribution in [0.5, 0.6) is 0 Å². The number of aliphatic hydroxyl groups is 1. The number of rotatable bonds is 1. The third-order valence-electron chi connectivity index (χ3n) is 1.29. The lowest BCUT2D eigenvalue weighted by molar-refractivity contribution is 0.186. The van der Waals surface area contributed by atoms with E-state index in [4.69, 9.17) is 22.4 Å². The van der Waals surface area contributed by atoms with Crippen molar-refractivity contribution in [3.8, 4) is 0 Å². The molecule has 1 unspecified atom stereocenters. The van der Waals surface area contributed by atoms with Gasteiger partial charge in [0.1, 0.15) is 6.23 Å². The zero-order chi connectivity index (χ0) is 8.43. The molecule has 0 fully saturated rings. The third-order valence-corrected chi connectivity index (χ3v) is 2.50. The molecule has 1 aromatic rings. The molecule has 2 nitrogen and oxygen atoms in total. The number of nitrogens with two attached hydrogens (primary N) is 1. The lowest BCUT2D eigenvalue weighted by Crippen LogP contribution is -2.07. The summed E-state index contributed by atoms with van der Waals surface area (Å²) in [5.41, 5.74) is 5.86. The van der Waals surface area contributed by atoms with E-state index in [1.165, 1.54) is 0 Å². The van der Waals surface area contributed by atoms with Crippen molar-refractivity contribution in [3.05, 3.63) is 33.3 Å². The number of halogens is 2. The Morgan fingerprint density at radius 2 is 2.18 bits per heavy atom. The van der Waals surface area contributed by atoms with Crippen LogP contribution in [-0.2, 0) is 0 Å². The van der Waals surface area contributed by atoms with Crippen molar-refractivity contribution < 1.29 is 5.11 Å². The minimum absolute atomic E-state index is 0.606. The molecule has 0 spiro atoms. The van der Waals surface area contributed by atoms with Crippen LogP contribution in [0.3, 0.4) is 0 Å². The van der Waals surface area contributed by atoms with E-state index >= 15 is 0 Å². The quantitative estimate of drug-likeness (QED) is 0.733. The van der Waals surface area contributed by atoms with Crippen LogP contribution in [0.4, 0.5) is 0 Å². The first-order chi connectivity index (χ1) is 5.11. The maximum atomic E-state index is 8.95. The van der Waals surface area contributed by atoms with Crippen LogP contribution < -0.4 is 5.73 Å². The highest BCUT2D eigenvalue weighted by Gasteiger charge is 2.02. The van der Waals surface area contributed by atoms with Gasteiger partial charge >= 0.3 is 0 Å². The maximum absolute atomic E-state index is 8.95. The van der Waals surface area contributed by atoms with E-state index in [1.54, 1.807) is 18.2 Å². The Kier molecular flexibility index (Phi) is 2.90. The van der Waals surface area contributed by atoms with Gasteiger partial charge in [-0.3, -0.25) is 0 Å². The molecule has 4 heteroatoms. The monoisotopic (exact) mass is 235 g/mol. The summed E-state index contributed by atoms with van der Waals surface area (Å²) in [6.07, 6.45) is -0.941. The molecule has 1 atom stereocenters. The number of hydrogen-bond donors (Lipinski definition) is 2. The van der Waals surface area contributed by atoms with E-state index in [9.17, 15) is 0 Å². The predicted molar refractivity (Wildman–Crippen MR) is 48.3 cm³/mol. The average molecular weight is 236 g/mol. The Labute approximate surface area is 78.1 Å². The smallest absolute Gasteiger partial charge is 0.128 e. The summed E-state index contributed by atoms with van der Waals surface area (Å²) in [5, 5.41) is 9.56. The van der Waals surface area contributed by atoms with Gasteiger partial charge in [-0.15, -0.1) is 0 Å². The van der Waals surface area contributed by atoms with Gasteiger partial charge in [0.15, 0.2) is 0 Å². The molecule has 60 valence electrons. The first-order valence-corrected chi connectivity index (χ1v) is 4.17. The van der Waals surface area contributed by atoms with Crippen LogP contribution in [-0.4, -0.2) is 5.11 Å². The van der Waals surface area contributed by atoms with Gasteiger partial charge in [0.05, 0.1) is 5.02 Å². The molecule has 3 N–H and O–H groups in total. The Morgan fingerprint density at radius 3 is 2.64 bits per heavy atom. The Balaban J connectivity index is 3.05. The number of benzene rings is 1. The van der Waals surface area contributed by atoms with Gasteiger partial charge in [0.25, 0.3) is 0 Å². The van der Waals surface area contributed by atoms with E-state index in [2.05, 4.69) is 15.9 Å². The van der Waals surface area contributed by atoms with Crippen LogP contribution in [0.25, 0.3) is 0 Å². The van der Waals surface area contributed by atoms with Crippen LogP contribution in [0.1, 0.15) is 11.8 Å². The second-order valence-electron chi connectivity index (χ2n) is 2.12. The maximum Gasteiger partial charge on any atom is 0.128 e. The molecule has 0 amide bonds. The normalized spacial score (nSPS) is 13.1. The molecule has 0 radical (unpaired) electrons. The van der Waals surface area contributed by atoms with Crippen molar-refractivity contribution in [3.63, 3.8) is 0 Å². The summed E-state index contributed by atoms with van der Waals surface area (Å²) in [4.78, 5) is 0. The summed E-state index contributed by atoms with van der Waals surface area (Å²) in [5.74, 6) is 0. The van der Waals surface area contributed by atoms with Crippen molar-refractivity contribution in [2.75, 3.05) is 0 Å². The van der Waals surface area contributed by atoms with E-state index < -0.39 is 6.23 Å². The molecular formula is C7H7BrClNO. The molecule has 0 heterocycles. The summed E-state index contributed by atoms with van der Waals surface area (Å²) < 4.78 is 0.737. The highest BCUT2D eigenvalue weighted by molar-refractivity contribution is 9.10. The van der Waals surface area contributed by atoms with Crippen LogP contribution in [0, 0.1) is 0 Å². The molecule has 0 saturated carbocycles. The van der Waals surface area contributed by atoms with Crippen molar-refractivity contribution >= 4 is 27.5 Å². The van der Waals surface area contributed by atoms with E-state index in [0.717, 1.165) is 4.47 Å². The van der Waals surface area contributed by atoms with Gasteiger partial charge in [-0.05, 0) is 33.6 Å². The predicted octanol–water partition coefficient (Wildman–Crippen LogP) is 2.05. The molecule has 0 aliphatic carbocycles. The van der Waals surface area contributed by atoms with Gasteiger partial charge in [0.2, 0.25) is 0 Å². The van der Waals surface area contributed by atoms with Crippen LogP contribution in [0.15, 0.2) is 22.7 Å². The zero-order valence-corrected chi connectivity index (χ0v) is 7.93. The van der Waals surface area contributed by atoms with Crippen LogP contribution in [0.2, 0.25) is 5.02 Å². The first kappa shape index (κ1) is 9.00. The van der Waals surface area contributed by atoms with E-state index in [1.807, 2.05) is 0 Å². The molecule has 11 heavy (non-hydrogen) atoms. The van der Waals surface area contributed by atoms with E-state index in [-0.39, 0.29) is 0 Å². The lowest BCUT2D eigenvalue weighted by atomic mass is 10.2. The molecule has 0 aliphatic rings. The topological polar surface area (TPSA) is 46.2 Å². The molecule has 1 rings (SSSR count). The van der Waals surface area contributed by atoms with Gasteiger partial charge in [-0.25, -0.2) is 0 Å². The minimum Gasteiger partial charge on any atom is -0.375 e. The third kappa shape index (κ3) is 2.17. The fourth-order valence-electron chi connectivity index (χ4n) is 0.696. The lowest BCUT2D eigenvalue weighted by Gasteiger charge is -2.04. The Bertz CT molecular complexity index is 265. The van der Waals surface area contributed by atoms with Crippen molar-refractivity contribution in [2.24, 2.45) is 5.73 Å².